The summed E-state index contributed by atoms with van der Waals surface area (Å²) in [7, 11) is 0. The first-order valence-corrected chi connectivity index (χ1v) is 6.74. The van der Waals surface area contributed by atoms with E-state index in [1.165, 1.54) is 18.2 Å². The van der Waals surface area contributed by atoms with Crippen LogP contribution in [0.2, 0.25) is 10.0 Å². The molecule has 0 unspecified atom stereocenters. The van der Waals surface area contributed by atoms with Crippen LogP contribution >= 0.6 is 23.2 Å². The van der Waals surface area contributed by atoms with E-state index in [0.717, 1.165) is 0 Å². The van der Waals surface area contributed by atoms with E-state index in [4.69, 9.17) is 28.3 Å². The van der Waals surface area contributed by atoms with Crippen molar-refractivity contribution in [3.05, 3.63) is 63.1 Å². The van der Waals surface area contributed by atoms with E-state index in [9.17, 15) is 9.59 Å². The Morgan fingerprint density at radius 1 is 1.14 bits per heavy atom. The van der Waals surface area contributed by atoms with Crippen LogP contribution in [0.15, 0.2) is 36.4 Å². The SMILES string of the molecule is Cc1c(Cl)cccc1C(=O)Nc1cc(Cl)cc(C(=O)O)c1. The summed E-state index contributed by atoms with van der Waals surface area (Å²) in [6.07, 6.45) is 0. The number of hydrogen-bond acceptors (Lipinski definition) is 2. The molecule has 0 spiro atoms. The number of benzene rings is 2. The molecule has 0 bridgehead atoms. The largest absolute Gasteiger partial charge is 0.478 e. The Labute approximate surface area is 131 Å². The summed E-state index contributed by atoms with van der Waals surface area (Å²) in [5.74, 6) is -1.50. The van der Waals surface area contributed by atoms with Crippen LogP contribution in [0.25, 0.3) is 0 Å². The summed E-state index contributed by atoms with van der Waals surface area (Å²) in [6.45, 7) is 1.73. The summed E-state index contributed by atoms with van der Waals surface area (Å²) in [6, 6.07) is 9.13. The predicted molar refractivity (Wildman–Crippen MR) is 82.6 cm³/mol. The highest BCUT2D eigenvalue weighted by Gasteiger charge is 2.13. The van der Waals surface area contributed by atoms with Crippen LogP contribution in [0.5, 0.6) is 0 Å². The van der Waals surface area contributed by atoms with Crippen LogP contribution in [0.4, 0.5) is 5.69 Å². The molecule has 0 aliphatic carbocycles. The number of rotatable bonds is 3. The lowest BCUT2D eigenvalue weighted by Crippen LogP contribution is -2.14. The van der Waals surface area contributed by atoms with E-state index in [1.54, 1.807) is 25.1 Å². The number of carboxylic acid groups (broad SMARTS) is 1. The fourth-order valence-electron chi connectivity index (χ4n) is 1.84. The molecule has 0 saturated heterocycles. The van der Waals surface area contributed by atoms with Crippen molar-refractivity contribution in [1.29, 1.82) is 0 Å². The van der Waals surface area contributed by atoms with Crippen molar-refractivity contribution < 1.29 is 14.7 Å². The number of halogens is 2. The Bertz CT molecular complexity index is 729. The molecular formula is C15H11Cl2NO3. The second kappa shape index (κ2) is 6.16. The lowest BCUT2D eigenvalue weighted by molar-refractivity contribution is 0.0696. The van der Waals surface area contributed by atoms with Gasteiger partial charge in [-0.05, 0) is 42.8 Å². The summed E-state index contributed by atoms with van der Waals surface area (Å²) in [5.41, 5.74) is 1.38. The first kappa shape index (κ1) is 15.4. The van der Waals surface area contributed by atoms with Crippen molar-refractivity contribution in [3.8, 4) is 0 Å². The van der Waals surface area contributed by atoms with E-state index in [1.807, 2.05) is 0 Å². The third kappa shape index (κ3) is 3.54. The minimum Gasteiger partial charge on any atom is -0.478 e. The molecule has 0 heterocycles. The highest BCUT2D eigenvalue weighted by Crippen LogP contribution is 2.22. The third-order valence-corrected chi connectivity index (χ3v) is 3.54. The Kier molecular flexibility index (Phi) is 4.50. The maximum atomic E-state index is 12.2. The molecule has 21 heavy (non-hydrogen) atoms. The van der Waals surface area contributed by atoms with Gasteiger partial charge in [0, 0.05) is 21.3 Å². The monoisotopic (exact) mass is 323 g/mol. The van der Waals surface area contributed by atoms with Gasteiger partial charge >= 0.3 is 5.97 Å². The summed E-state index contributed by atoms with van der Waals surface area (Å²) < 4.78 is 0. The average molecular weight is 324 g/mol. The molecule has 0 aromatic heterocycles. The average Bonchev–Trinajstić information content (AvgIpc) is 2.41. The van der Waals surface area contributed by atoms with Gasteiger partial charge in [0.25, 0.3) is 5.91 Å². The second-order valence-electron chi connectivity index (χ2n) is 4.40. The minimum absolute atomic E-state index is 0.000570. The molecule has 2 aromatic rings. The van der Waals surface area contributed by atoms with Gasteiger partial charge in [-0.1, -0.05) is 29.3 Å². The zero-order valence-electron chi connectivity index (χ0n) is 11.0. The lowest BCUT2D eigenvalue weighted by atomic mass is 10.1. The topological polar surface area (TPSA) is 66.4 Å². The van der Waals surface area contributed by atoms with E-state index >= 15 is 0 Å². The molecule has 2 rings (SSSR count). The summed E-state index contributed by atoms with van der Waals surface area (Å²) in [5, 5.41) is 12.3. The smallest absolute Gasteiger partial charge is 0.335 e. The molecule has 1 amide bonds. The molecule has 0 aliphatic rings. The number of anilines is 1. The Hall–Kier alpha value is -2.04. The van der Waals surface area contributed by atoms with Crippen molar-refractivity contribution >= 4 is 40.8 Å². The molecule has 0 atom stereocenters. The van der Waals surface area contributed by atoms with Crippen molar-refractivity contribution in [2.75, 3.05) is 5.32 Å². The highest BCUT2D eigenvalue weighted by molar-refractivity contribution is 6.32. The molecule has 2 N–H and O–H groups in total. The quantitative estimate of drug-likeness (QED) is 0.887. The Morgan fingerprint density at radius 2 is 1.86 bits per heavy atom. The summed E-state index contributed by atoms with van der Waals surface area (Å²) in [4.78, 5) is 23.2. The maximum Gasteiger partial charge on any atom is 0.335 e. The molecule has 0 saturated carbocycles. The normalized spacial score (nSPS) is 10.2. The molecule has 108 valence electrons. The number of aromatic carboxylic acids is 1. The number of nitrogens with one attached hydrogen (secondary N) is 1. The molecule has 2 aromatic carbocycles. The standard InChI is InChI=1S/C15H11Cl2NO3/c1-8-12(3-2-4-13(8)17)14(19)18-11-6-9(15(20)21)5-10(16)7-11/h2-7H,1H3,(H,18,19)(H,20,21). The van der Waals surface area contributed by atoms with Gasteiger partial charge in [0.1, 0.15) is 0 Å². The predicted octanol–water partition coefficient (Wildman–Crippen LogP) is 4.25. The highest BCUT2D eigenvalue weighted by atomic mass is 35.5. The zero-order valence-corrected chi connectivity index (χ0v) is 12.5. The number of carbonyl (C=O) groups excluding carboxylic acids is 1. The molecule has 6 heteroatoms. The van der Waals surface area contributed by atoms with Crippen molar-refractivity contribution in [3.63, 3.8) is 0 Å². The lowest BCUT2D eigenvalue weighted by Gasteiger charge is -2.09. The van der Waals surface area contributed by atoms with Crippen LogP contribution in [0, 0.1) is 6.92 Å². The first-order chi connectivity index (χ1) is 9.88. The van der Waals surface area contributed by atoms with E-state index in [2.05, 4.69) is 5.32 Å². The Balaban J connectivity index is 2.31. The Morgan fingerprint density at radius 3 is 2.52 bits per heavy atom. The number of carboxylic acids is 1. The number of carbonyl (C=O) groups is 2. The molecule has 0 aliphatic heterocycles. The van der Waals surface area contributed by atoms with Gasteiger partial charge in [-0.15, -0.1) is 0 Å². The van der Waals surface area contributed by atoms with Crippen molar-refractivity contribution in [1.82, 2.24) is 0 Å². The van der Waals surface area contributed by atoms with Gasteiger partial charge in [-0.2, -0.15) is 0 Å². The van der Waals surface area contributed by atoms with Gasteiger partial charge in [-0.25, -0.2) is 4.79 Å². The summed E-state index contributed by atoms with van der Waals surface area (Å²) >= 11 is 11.8. The van der Waals surface area contributed by atoms with E-state index < -0.39 is 5.97 Å². The zero-order chi connectivity index (χ0) is 15.6. The molecule has 4 nitrogen and oxygen atoms in total. The first-order valence-electron chi connectivity index (χ1n) is 5.99. The van der Waals surface area contributed by atoms with E-state index in [0.29, 0.717) is 21.8 Å². The van der Waals surface area contributed by atoms with E-state index in [-0.39, 0.29) is 16.5 Å². The van der Waals surface area contributed by atoms with Crippen LogP contribution < -0.4 is 5.32 Å². The molecule has 0 radical (unpaired) electrons. The van der Waals surface area contributed by atoms with Crippen molar-refractivity contribution in [2.45, 2.75) is 6.92 Å². The maximum absolute atomic E-state index is 12.2. The number of hydrogen-bond donors (Lipinski definition) is 2. The van der Waals surface area contributed by atoms with Gasteiger partial charge in [-0.3, -0.25) is 4.79 Å². The van der Waals surface area contributed by atoms with Gasteiger partial charge in [0.15, 0.2) is 0 Å². The fourth-order valence-corrected chi connectivity index (χ4v) is 2.25. The van der Waals surface area contributed by atoms with Gasteiger partial charge < -0.3 is 10.4 Å². The molecular weight excluding hydrogens is 313 g/mol. The van der Waals surface area contributed by atoms with Crippen LogP contribution in [-0.2, 0) is 0 Å². The van der Waals surface area contributed by atoms with Crippen LogP contribution in [-0.4, -0.2) is 17.0 Å². The fraction of sp³-hybridized carbons (Fsp3) is 0.0667. The van der Waals surface area contributed by atoms with Crippen LogP contribution in [0.3, 0.4) is 0 Å². The molecule has 0 fully saturated rings. The number of amides is 1. The van der Waals surface area contributed by atoms with Gasteiger partial charge in [0.2, 0.25) is 0 Å². The van der Waals surface area contributed by atoms with Gasteiger partial charge in [0.05, 0.1) is 5.56 Å². The third-order valence-electron chi connectivity index (χ3n) is 2.91. The minimum atomic E-state index is -1.12. The second-order valence-corrected chi connectivity index (χ2v) is 5.24. The van der Waals surface area contributed by atoms with Crippen molar-refractivity contribution in [2.24, 2.45) is 0 Å². The van der Waals surface area contributed by atoms with Crippen LogP contribution in [0.1, 0.15) is 26.3 Å².